The van der Waals surface area contributed by atoms with Crippen molar-refractivity contribution in [2.45, 2.75) is 81.0 Å². The van der Waals surface area contributed by atoms with Crippen LogP contribution in [0.15, 0.2) is 42.5 Å². The van der Waals surface area contributed by atoms with Gasteiger partial charge in [0.25, 0.3) is 0 Å². The van der Waals surface area contributed by atoms with Crippen molar-refractivity contribution in [1.29, 1.82) is 0 Å². The molecule has 44 heavy (non-hydrogen) atoms. The van der Waals surface area contributed by atoms with Gasteiger partial charge in [-0.3, -0.25) is 13.9 Å². The summed E-state index contributed by atoms with van der Waals surface area (Å²) in [6, 6.07) is 10.3. The van der Waals surface area contributed by atoms with Crippen molar-refractivity contribution in [3.05, 3.63) is 64.4 Å². The summed E-state index contributed by atoms with van der Waals surface area (Å²) in [6.07, 6.45) is 3.14. The van der Waals surface area contributed by atoms with E-state index in [1.54, 1.807) is 29.6 Å². The zero-order chi connectivity index (χ0) is 31.5. The summed E-state index contributed by atoms with van der Waals surface area (Å²) in [5.41, 5.74) is 0.436. The average Bonchev–Trinajstić information content (AvgIpc) is 3.11. The zero-order valence-electron chi connectivity index (χ0n) is 24.8. The molecule has 1 aliphatic carbocycles. The van der Waals surface area contributed by atoms with Gasteiger partial charge in [-0.15, -0.1) is 10.8 Å². The molecule has 2 amide bonds. The van der Waals surface area contributed by atoms with Crippen LogP contribution in [0.1, 0.15) is 56.1 Å². The number of fused-ring (bicyclic) bond motifs is 2. The fourth-order valence-electron chi connectivity index (χ4n) is 7.17. The molecular formula is C31H42ClFN4O6S. The summed E-state index contributed by atoms with van der Waals surface area (Å²) in [6.45, 7) is 1.07. The summed E-state index contributed by atoms with van der Waals surface area (Å²) in [5, 5.41) is 19.2. The zero-order valence-corrected chi connectivity index (χ0v) is 26.4. The number of rotatable bonds is 9. The Hall–Kier alpha value is -2.45. The Morgan fingerprint density at radius 3 is 2.59 bits per heavy atom. The lowest BCUT2D eigenvalue weighted by molar-refractivity contribution is -0.120. The molecule has 1 unspecified atom stereocenters. The third-order valence-electron chi connectivity index (χ3n) is 9.56. The van der Waals surface area contributed by atoms with Gasteiger partial charge in [-0.2, -0.15) is 0 Å². The van der Waals surface area contributed by atoms with Gasteiger partial charge in [0.05, 0.1) is 11.9 Å². The molecule has 6 N–H and O–H groups in total. The van der Waals surface area contributed by atoms with E-state index >= 15 is 4.39 Å². The normalized spacial score (nSPS) is 29.6. The molecule has 2 heterocycles. The van der Waals surface area contributed by atoms with E-state index < -0.39 is 40.1 Å². The molecule has 5 rings (SSSR count). The second-order valence-corrected chi connectivity index (χ2v) is 14.7. The number of amides is 2. The molecule has 0 radical (unpaired) electrons. The minimum absolute atomic E-state index is 0.00837. The number of carboxylic acid groups (broad SMARTS) is 1. The number of anilines is 1. The number of hydrogen-bond acceptors (Lipinski definition) is 7. The number of carbonyl (C=O) groups is 2. The molecule has 2 aromatic carbocycles. The molecule has 10 nitrogen and oxygen atoms in total. The van der Waals surface area contributed by atoms with Crippen LogP contribution in [0.5, 0.6) is 0 Å². The molecule has 2 bridgehead atoms. The van der Waals surface area contributed by atoms with Gasteiger partial charge >= 0.3 is 6.09 Å². The Balaban J connectivity index is 1.40. The Morgan fingerprint density at radius 1 is 1.18 bits per heavy atom. The number of piperazine rings is 1. The molecule has 1 saturated carbocycles. The summed E-state index contributed by atoms with van der Waals surface area (Å²) >= 11 is 6.17. The second-order valence-electron chi connectivity index (χ2n) is 12.1. The topological polar surface area (TPSA) is 143 Å². The van der Waals surface area contributed by atoms with E-state index in [1.165, 1.54) is 12.1 Å². The lowest BCUT2D eigenvalue weighted by Crippen LogP contribution is -2.58. The molecule has 242 valence electrons. The third-order valence-corrected chi connectivity index (χ3v) is 11.8. The minimum Gasteiger partial charge on any atom is -0.465 e. The predicted octanol–water partition coefficient (Wildman–Crippen LogP) is 5.62. The SMILES string of the molecule is COC1CCC(c2ccc(Cl)cc2)([C@H](NC(=O)O)C(=O)Nc2cccc(F)c2CC[C@H]2CN[C@@H]3CCCS(O)(O)N2C3)CC1. The van der Waals surface area contributed by atoms with Crippen molar-refractivity contribution in [3.63, 3.8) is 0 Å². The maximum Gasteiger partial charge on any atom is 0.405 e. The van der Waals surface area contributed by atoms with Crippen LogP contribution in [-0.2, 0) is 21.4 Å². The molecular weight excluding hydrogens is 611 g/mol. The monoisotopic (exact) mass is 652 g/mol. The number of nitrogens with zero attached hydrogens (tertiary/aromatic N) is 1. The van der Waals surface area contributed by atoms with Crippen LogP contribution in [0.3, 0.4) is 0 Å². The molecule has 0 spiro atoms. The molecule has 3 aliphatic rings. The van der Waals surface area contributed by atoms with Gasteiger partial charge in [0.1, 0.15) is 11.9 Å². The second kappa shape index (κ2) is 13.9. The first-order valence-electron chi connectivity index (χ1n) is 15.1. The number of halogens is 2. The fourth-order valence-corrected chi connectivity index (χ4v) is 9.16. The van der Waals surface area contributed by atoms with Gasteiger partial charge in [-0.1, -0.05) is 29.8 Å². The highest BCUT2D eigenvalue weighted by Crippen LogP contribution is 2.49. The van der Waals surface area contributed by atoms with Gasteiger partial charge in [-0.25, -0.2) is 13.5 Å². The lowest BCUT2D eigenvalue weighted by Gasteiger charge is -2.49. The Bertz CT molecular complexity index is 1330. The van der Waals surface area contributed by atoms with Crippen molar-refractivity contribution < 1.29 is 32.9 Å². The molecule has 3 fully saturated rings. The van der Waals surface area contributed by atoms with E-state index in [0.29, 0.717) is 56.0 Å². The van der Waals surface area contributed by atoms with E-state index in [-0.39, 0.29) is 35.9 Å². The van der Waals surface area contributed by atoms with E-state index in [4.69, 9.17) is 16.3 Å². The molecule has 2 aliphatic heterocycles. The first kappa shape index (κ1) is 32.9. The van der Waals surface area contributed by atoms with Crippen LogP contribution in [0, 0.1) is 5.82 Å². The van der Waals surface area contributed by atoms with Crippen LogP contribution in [0.25, 0.3) is 0 Å². The summed E-state index contributed by atoms with van der Waals surface area (Å²) in [5.74, 6) is -0.766. The summed E-state index contributed by atoms with van der Waals surface area (Å²) in [7, 11) is -1.27. The highest BCUT2D eigenvalue weighted by molar-refractivity contribution is 8.22. The fraction of sp³-hybridized carbons (Fsp3) is 0.548. The van der Waals surface area contributed by atoms with Gasteiger partial charge < -0.3 is 25.8 Å². The number of hydrogen-bond donors (Lipinski definition) is 6. The van der Waals surface area contributed by atoms with Gasteiger partial charge in [0.15, 0.2) is 0 Å². The van der Waals surface area contributed by atoms with Gasteiger partial charge in [0.2, 0.25) is 5.91 Å². The summed E-state index contributed by atoms with van der Waals surface area (Å²) in [4.78, 5) is 26.2. The van der Waals surface area contributed by atoms with Gasteiger partial charge in [0, 0.05) is 54.0 Å². The standard InChI is InChI=1S/C31H42ClFN4O6S/c1-43-24-13-15-31(16-14-24,20-7-9-21(32)10-8-20)28(36-30(39)40)29(38)35-27-6-2-5-26(33)25(27)12-11-23-18-34-22-4-3-17-44(41,42)37(23)19-22/h2,5-10,22-24,28,34,36,41-42H,3-4,11-19H2,1H3,(H,35,38)(H,39,40)/t22-,23+,24?,28-,31?/m1/s1. The summed E-state index contributed by atoms with van der Waals surface area (Å²) < 4.78 is 44.3. The lowest BCUT2D eigenvalue weighted by atomic mass is 9.64. The number of carbonyl (C=O) groups excluding carboxylic acids is 1. The van der Waals surface area contributed by atoms with Crippen molar-refractivity contribution in [1.82, 2.24) is 14.9 Å². The molecule has 2 saturated heterocycles. The van der Waals surface area contributed by atoms with Crippen molar-refractivity contribution in [2.24, 2.45) is 0 Å². The van der Waals surface area contributed by atoms with E-state index in [2.05, 4.69) is 16.0 Å². The van der Waals surface area contributed by atoms with Crippen LogP contribution in [-0.4, -0.2) is 80.7 Å². The van der Waals surface area contributed by atoms with Crippen LogP contribution < -0.4 is 16.0 Å². The smallest absolute Gasteiger partial charge is 0.405 e. The third kappa shape index (κ3) is 7.17. The Kier molecular flexibility index (Phi) is 10.4. The van der Waals surface area contributed by atoms with Crippen LogP contribution in [0.2, 0.25) is 5.02 Å². The first-order valence-corrected chi connectivity index (χ1v) is 17.2. The maximum absolute atomic E-state index is 15.3. The van der Waals surface area contributed by atoms with Crippen LogP contribution in [0.4, 0.5) is 14.9 Å². The van der Waals surface area contributed by atoms with Crippen LogP contribution >= 0.6 is 22.4 Å². The van der Waals surface area contributed by atoms with Crippen molar-refractivity contribution in [2.75, 3.05) is 31.3 Å². The number of benzene rings is 2. The molecule has 2 aromatic rings. The number of ether oxygens (including phenoxy) is 1. The average molecular weight is 653 g/mol. The predicted molar refractivity (Wildman–Crippen MR) is 170 cm³/mol. The van der Waals surface area contributed by atoms with E-state index in [9.17, 15) is 23.8 Å². The highest BCUT2D eigenvalue weighted by Gasteiger charge is 2.48. The van der Waals surface area contributed by atoms with Crippen molar-refractivity contribution >= 4 is 40.1 Å². The quantitative estimate of drug-likeness (QED) is 0.205. The Labute approximate surface area is 264 Å². The van der Waals surface area contributed by atoms with E-state index in [0.717, 1.165) is 18.4 Å². The first-order chi connectivity index (χ1) is 21.0. The molecule has 4 atom stereocenters. The minimum atomic E-state index is -2.91. The highest BCUT2D eigenvalue weighted by atomic mass is 35.5. The largest absolute Gasteiger partial charge is 0.465 e. The van der Waals surface area contributed by atoms with Gasteiger partial charge in [-0.05, 0) is 81.2 Å². The molecule has 0 aromatic heterocycles. The maximum atomic E-state index is 15.3. The van der Waals surface area contributed by atoms with Crippen molar-refractivity contribution in [3.8, 4) is 0 Å². The molecule has 13 heteroatoms. The van der Waals surface area contributed by atoms with E-state index in [1.807, 2.05) is 12.1 Å². The Morgan fingerprint density at radius 2 is 1.91 bits per heavy atom. The number of nitrogens with one attached hydrogen (secondary N) is 3. The number of methoxy groups -OCH3 is 1.